The van der Waals surface area contributed by atoms with E-state index in [4.69, 9.17) is 10.5 Å². The summed E-state index contributed by atoms with van der Waals surface area (Å²) in [4.78, 5) is 0. The van der Waals surface area contributed by atoms with Gasteiger partial charge in [-0.3, -0.25) is 0 Å². The summed E-state index contributed by atoms with van der Waals surface area (Å²) in [6.45, 7) is 0.571. The second-order valence-corrected chi connectivity index (χ2v) is 5.36. The van der Waals surface area contributed by atoms with Crippen molar-refractivity contribution in [2.75, 3.05) is 12.8 Å². The zero-order valence-electron chi connectivity index (χ0n) is 11.0. The van der Waals surface area contributed by atoms with Gasteiger partial charge in [-0.05, 0) is 32.8 Å². The number of anilines is 1. The number of methoxy groups -OCH3 is 1. The van der Waals surface area contributed by atoms with E-state index in [1.807, 2.05) is 18.2 Å². The maximum absolute atomic E-state index is 6.00. The minimum absolute atomic E-state index is 0.571. The van der Waals surface area contributed by atoms with Crippen molar-refractivity contribution in [2.24, 2.45) is 0 Å². The van der Waals surface area contributed by atoms with Gasteiger partial charge in [-0.25, -0.2) is 4.68 Å². The number of rotatable bonds is 3. The fourth-order valence-corrected chi connectivity index (χ4v) is 2.61. The van der Waals surface area contributed by atoms with Gasteiger partial charge in [0, 0.05) is 5.56 Å². The van der Waals surface area contributed by atoms with Crippen molar-refractivity contribution in [2.45, 2.75) is 6.54 Å². The largest absolute Gasteiger partial charge is 0.496 e. The molecule has 4 nitrogen and oxygen atoms in total. The first-order valence-electron chi connectivity index (χ1n) is 6.22. The molecule has 0 unspecified atom stereocenters. The molecule has 0 fully saturated rings. The predicted octanol–water partition coefficient (Wildman–Crippen LogP) is 3.44. The van der Waals surface area contributed by atoms with Crippen LogP contribution in [-0.4, -0.2) is 16.9 Å². The average Bonchev–Trinajstić information content (AvgIpc) is 2.79. The van der Waals surface area contributed by atoms with Crippen molar-refractivity contribution in [3.63, 3.8) is 0 Å². The van der Waals surface area contributed by atoms with Crippen LogP contribution >= 0.6 is 15.9 Å². The zero-order chi connectivity index (χ0) is 14.1. The molecule has 102 valence electrons. The molecule has 5 heteroatoms. The van der Waals surface area contributed by atoms with E-state index in [9.17, 15) is 0 Å². The molecule has 0 bridgehead atoms. The lowest BCUT2D eigenvalue weighted by atomic mass is 10.0. The Morgan fingerprint density at radius 1 is 1.25 bits per heavy atom. The minimum Gasteiger partial charge on any atom is -0.496 e. The summed E-state index contributed by atoms with van der Waals surface area (Å²) in [5.74, 6) is 1.45. The smallest absolute Gasteiger partial charge is 0.136 e. The Labute approximate surface area is 125 Å². The molecule has 0 saturated carbocycles. The summed E-state index contributed by atoms with van der Waals surface area (Å²) < 4.78 is 8.04. The first kappa shape index (κ1) is 13.0. The Hall–Kier alpha value is -2.01. The average molecular weight is 332 g/mol. The lowest BCUT2D eigenvalue weighted by Gasteiger charge is -2.13. The molecule has 0 amide bonds. The quantitative estimate of drug-likeness (QED) is 0.799. The van der Waals surface area contributed by atoms with Gasteiger partial charge in [-0.15, -0.1) is 0 Å². The molecule has 0 aliphatic carbocycles. The number of aromatic nitrogens is 2. The van der Waals surface area contributed by atoms with E-state index in [1.54, 1.807) is 18.0 Å². The number of ether oxygens (including phenoxy) is 1. The number of nitrogens with two attached hydrogens (primary N) is 1. The summed E-state index contributed by atoms with van der Waals surface area (Å²) in [5, 5.41) is 6.61. The summed E-state index contributed by atoms with van der Waals surface area (Å²) in [6.07, 6.45) is 1.70. The molecule has 1 aromatic heterocycles. The number of benzene rings is 2. The van der Waals surface area contributed by atoms with Crippen LogP contribution in [0, 0.1) is 0 Å². The molecule has 3 aromatic rings. The van der Waals surface area contributed by atoms with Crippen LogP contribution < -0.4 is 10.5 Å². The summed E-state index contributed by atoms with van der Waals surface area (Å²) in [6, 6.07) is 12.3. The maximum atomic E-state index is 6.00. The van der Waals surface area contributed by atoms with E-state index < -0.39 is 0 Å². The van der Waals surface area contributed by atoms with Crippen LogP contribution in [0.25, 0.3) is 10.8 Å². The van der Waals surface area contributed by atoms with E-state index in [2.05, 4.69) is 39.2 Å². The predicted molar refractivity (Wildman–Crippen MR) is 83.9 cm³/mol. The van der Waals surface area contributed by atoms with Gasteiger partial charge in [-0.2, -0.15) is 5.10 Å². The number of halogens is 1. The van der Waals surface area contributed by atoms with Crippen LogP contribution in [0.3, 0.4) is 0 Å². The van der Waals surface area contributed by atoms with Gasteiger partial charge in [0.15, 0.2) is 0 Å². The molecule has 2 N–H and O–H groups in total. The van der Waals surface area contributed by atoms with Gasteiger partial charge >= 0.3 is 0 Å². The summed E-state index contributed by atoms with van der Waals surface area (Å²) in [5.41, 5.74) is 7.08. The number of nitrogens with zero attached hydrogens (tertiary/aromatic N) is 2. The van der Waals surface area contributed by atoms with Gasteiger partial charge in [0.05, 0.1) is 24.3 Å². The van der Waals surface area contributed by atoms with Crippen LogP contribution in [0.15, 0.2) is 47.1 Å². The molecule has 0 atom stereocenters. The van der Waals surface area contributed by atoms with Crippen molar-refractivity contribution < 1.29 is 4.74 Å². The molecule has 0 aliphatic rings. The molecule has 0 aliphatic heterocycles. The van der Waals surface area contributed by atoms with Crippen LogP contribution in [0.5, 0.6) is 5.75 Å². The van der Waals surface area contributed by atoms with Crippen LogP contribution in [0.4, 0.5) is 5.82 Å². The molecular weight excluding hydrogens is 318 g/mol. The van der Waals surface area contributed by atoms with Crippen molar-refractivity contribution in [3.05, 3.63) is 52.6 Å². The van der Waals surface area contributed by atoms with Crippen LogP contribution in [-0.2, 0) is 6.54 Å². The second kappa shape index (κ2) is 5.17. The Morgan fingerprint density at radius 2 is 2.05 bits per heavy atom. The van der Waals surface area contributed by atoms with Gasteiger partial charge in [0.1, 0.15) is 11.6 Å². The molecule has 3 rings (SSSR count). The minimum atomic E-state index is 0.571. The fourth-order valence-electron chi connectivity index (χ4n) is 2.32. The highest BCUT2D eigenvalue weighted by molar-refractivity contribution is 9.10. The SMILES string of the molecule is COc1ccc2ccccc2c1Cn1ncc(Br)c1N. The lowest BCUT2D eigenvalue weighted by molar-refractivity contribution is 0.408. The number of nitrogen functional groups attached to an aromatic ring is 1. The highest BCUT2D eigenvalue weighted by Crippen LogP contribution is 2.30. The molecule has 0 radical (unpaired) electrons. The third-order valence-corrected chi connectivity index (χ3v) is 3.97. The normalized spacial score (nSPS) is 10.9. The van der Waals surface area contributed by atoms with E-state index in [1.165, 1.54) is 5.39 Å². The Bertz CT molecular complexity index is 767. The van der Waals surface area contributed by atoms with Crippen LogP contribution in [0.2, 0.25) is 0 Å². The topological polar surface area (TPSA) is 53.1 Å². The molecular formula is C15H14BrN3O. The zero-order valence-corrected chi connectivity index (χ0v) is 12.6. The highest BCUT2D eigenvalue weighted by Gasteiger charge is 2.12. The molecule has 20 heavy (non-hydrogen) atoms. The fraction of sp³-hybridized carbons (Fsp3) is 0.133. The van der Waals surface area contributed by atoms with Gasteiger partial charge in [-0.1, -0.05) is 30.3 Å². The van der Waals surface area contributed by atoms with Crippen LogP contribution in [0.1, 0.15) is 5.56 Å². The van der Waals surface area contributed by atoms with E-state index in [0.29, 0.717) is 12.4 Å². The first-order valence-corrected chi connectivity index (χ1v) is 7.01. The second-order valence-electron chi connectivity index (χ2n) is 4.50. The molecule has 2 aromatic carbocycles. The first-order chi connectivity index (χ1) is 9.70. The maximum Gasteiger partial charge on any atom is 0.136 e. The van der Waals surface area contributed by atoms with Crippen molar-refractivity contribution in [1.82, 2.24) is 9.78 Å². The molecule has 1 heterocycles. The van der Waals surface area contributed by atoms with E-state index in [-0.39, 0.29) is 0 Å². The third kappa shape index (κ3) is 2.14. The standard InChI is InChI=1S/C15H14BrN3O/c1-20-14-7-6-10-4-2-3-5-11(10)12(14)9-19-15(17)13(16)8-18-19/h2-8H,9,17H2,1H3. The highest BCUT2D eigenvalue weighted by atomic mass is 79.9. The third-order valence-electron chi connectivity index (χ3n) is 3.36. The van der Waals surface area contributed by atoms with Crippen molar-refractivity contribution in [1.29, 1.82) is 0 Å². The summed E-state index contributed by atoms with van der Waals surface area (Å²) >= 11 is 3.38. The van der Waals surface area contributed by atoms with Crippen molar-refractivity contribution >= 4 is 32.5 Å². The Balaban J connectivity index is 2.16. The number of hydrogen-bond donors (Lipinski definition) is 1. The lowest BCUT2D eigenvalue weighted by Crippen LogP contribution is -2.07. The van der Waals surface area contributed by atoms with Crippen molar-refractivity contribution in [3.8, 4) is 5.75 Å². The Kier molecular flexibility index (Phi) is 3.36. The Morgan fingerprint density at radius 3 is 2.75 bits per heavy atom. The van der Waals surface area contributed by atoms with E-state index >= 15 is 0 Å². The molecule has 0 spiro atoms. The molecule has 0 saturated heterocycles. The summed E-state index contributed by atoms with van der Waals surface area (Å²) in [7, 11) is 1.68. The van der Waals surface area contributed by atoms with Gasteiger partial charge in [0.2, 0.25) is 0 Å². The van der Waals surface area contributed by atoms with Gasteiger partial charge in [0.25, 0.3) is 0 Å². The van der Waals surface area contributed by atoms with Gasteiger partial charge < -0.3 is 10.5 Å². The van der Waals surface area contributed by atoms with E-state index in [0.717, 1.165) is 21.2 Å². The number of fused-ring (bicyclic) bond motifs is 1. The monoisotopic (exact) mass is 331 g/mol. The number of hydrogen-bond acceptors (Lipinski definition) is 3.